The predicted octanol–water partition coefficient (Wildman–Crippen LogP) is 4.04. The van der Waals surface area contributed by atoms with Crippen molar-refractivity contribution in [3.05, 3.63) is 58.3 Å². The lowest BCUT2D eigenvalue weighted by molar-refractivity contribution is 0.249. The van der Waals surface area contributed by atoms with E-state index in [1.807, 2.05) is 44.2 Å². The summed E-state index contributed by atoms with van der Waals surface area (Å²) >= 11 is 3.47. The minimum atomic E-state index is -0.243. The van der Waals surface area contributed by atoms with Crippen molar-refractivity contribution < 1.29 is 4.79 Å². The van der Waals surface area contributed by atoms with Crippen LogP contribution in [0, 0.1) is 6.92 Å². The van der Waals surface area contributed by atoms with Crippen molar-refractivity contribution in [3.8, 4) is 0 Å². The summed E-state index contributed by atoms with van der Waals surface area (Å²) in [6, 6.07) is 9.17. The number of halogens is 1. The molecule has 104 valence electrons. The number of carbonyl (C=O) groups excluding carboxylic acids is 1. The molecule has 0 saturated heterocycles. The molecule has 2 amide bonds. The molecule has 0 unspecified atom stereocenters. The third-order valence-electron chi connectivity index (χ3n) is 2.97. The van der Waals surface area contributed by atoms with Gasteiger partial charge in [0.1, 0.15) is 0 Å². The van der Waals surface area contributed by atoms with Crippen molar-refractivity contribution in [2.24, 2.45) is 0 Å². The van der Waals surface area contributed by atoms with Gasteiger partial charge in [-0.3, -0.25) is 4.98 Å². The minimum Gasteiger partial charge on any atom is -0.331 e. The summed E-state index contributed by atoms with van der Waals surface area (Å²) in [7, 11) is 0. The number of nitrogens with one attached hydrogen (secondary N) is 2. The van der Waals surface area contributed by atoms with Crippen LogP contribution in [-0.4, -0.2) is 11.0 Å². The van der Waals surface area contributed by atoms with E-state index in [1.54, 1.807) is 12.4 Å². The second-order valence-corrected chi connectivity index (χ2v) is 5.34. The fraction of sp³-hybridized carbons (Fsp3) is 0.200. The third-order valence-corrected chi connectivity index (χ3v) is 4.02. The van der Waals surface area contributed by atoms with E-state index >= 15 is 0 Å². The first kappa shape index (κ1) is 14.5. The van der Waals surface area contributed by atoms with Crippen LogP contribution in [0.15, 0.2) is 47.2 Å². The zero-order valence-electron chi connectivity index (χ0n) is 11.4. The van der Waals surface area contributed by atoms with Gasteiger partial charge in [-0.25, -0.2) is 4.79 Å². The number of nitrogens with zero attached hydrogens (tertiary/aromatic N) is 1. The van der Waals surface area contributed by atoms with E-state index < -0.39 is 0 Å². The molecule has 1 heterocycles. The Kier molecular flexibility index (Phi) is 4.74. The number of hydrogen-bond donors (Lipinski definition) is 2. The molecule has 0 aliphatic heterocycles. The van der Waals surface area contributed by atoms with Gasteiger partial charge in [-0.1, -0.05) is 18.2 Å². The average Bonchev–Trinajstić information content (AvgIpc) is 2.45. The molecule has 1 aromatic heterocycles. The maximum Gasteiger partial charge on any atom is 0.319 e. The summed E-state index contributed by atoms with van der Waals surface area (Å²) in [5.41, 5.74) is 2.79. The molecule has 0 fully saturated rings. The SMILES string of the molecule is Cc1cccc(NC(=O)N[C@@H](C)c2cccnc2)c1Br. The van der Waals surface area contributed by atoms with Crippen molar-refractivity contribution in [1.29, 1.82) is 0 Å². The standard InChI is InChI=1S/C15H16BrN3O/c1-10-5-3-7-13(14(10)16)19-15(20)18-11(2)12-6-4-8-17-9-12/h3-9,11H,1-2H3,(H2,18,19,20)/t11-/m0/s1. The zero-order chi connectivity index (χ0) is 14.5. The molecule has 0 spiro atoms. The van der Waals surface area contributed by atoms with Crippen molar-refractivity contribution in [3.63, 3.8) is 0 Å². The molecule has 2 rings (SSSR count). The topological polar surface area (TPSA) is 54.0 Å². The summed E-state index contributed by atoms with van der Waals surface area (Å²) in [4.78, 5) is 16.0. The Bertz CT molecular complexity index is 601. The fourth-order valence-electron chi connectivity index (χ4n) is 1.81. The monoisotopic (exact) mass is 333 g/mol. The summed E-state index contributed by atoms with van der Waals surface area (Å²) < 4.78 is 0.893. The molecular formula is C15H16BrN3O. The number of benzene rings is 1. The molecule has 1 atom stereocenters. The molecule has 0 aliphatic rings. The molecule has 0 aliphatic carbocycles. The number of hydrogen-bond acceptors (Lipinski definition) is 2. The zero-order valence-corrected chi connectivity index (χ0v) is 12.9. The van der Waals surface area contributed by atoms with E-state index in [0.29, 0.717) is 0 Å². The van der Waals surface area contributed by atoms with Gasteiger partial charge in [0.15, 0.2) is 0 Å². The fourth-order valence-corrected chi connectivity index (χ4v) is 2.18. The van der Waals surface area contributed by atoms with Crippen LogP contribution >= 0.6 is 15.9 Å². The quantitative estimate of drug-likeness (QED) is 0.890. The maximum atomic E-state index is 12.0. The minimum absolute atomic E-state index is 0.104. The Morgan fingerprint density at radius 1 is 1.30 bits per heavy atom. The van der Waals surface area contributed by atoms with Crippen LogP contribution in [0.5, 0.6) is 0 Å². The highest BCUT2D eigenvalue weighted by Crippen LogP contribution is 2.25. The predicted molar refractivity (Wildman–Crippen MR) is 83.7 cm³/mol. The van der Waals surface area contributed by atoms with Gasteiger partial charge in [-0.05, 0) is 53.0 Å². The molecule has 2 aromatic rings. The van der Waals surface area contributed by atoms with Crippen LogP contribution in [0.2, 0.25) is 0 Å². The lowest BCUT2D eigenvalue weighted by atomic mass is 10.1. The van der Waals surface area contributed by atoms with Crippen molar-refractivity contribution in [2.75, 3.05) is 5.32 Å². The molecule has 1 aromatic carbocycles. The summed E-state index contributed by atoms with van der Waals surface area (Å²) in [6.45, 7) is 3.90. The first-order valence-electron chi connectivity index (χ1n) is 6.30. The number of pyridine rings is 1. The Hall–Kier alpha value is -1.88. The molecule has 2 N–H and O–H groups in total. The van der Waals surface area contributed by atoms with E-state index in [4.69, 9.17) is 0 Å². The van der Waals surface area contributed by atoms with Gasteiger partial charge in [0, 0.05) is 16.9 Å². The molecule has 0 saturated carbocycles. The van der Waals surface area contributed by atoms with E-state index in [2.05, 4.69) is 31.5 Å². The van der Waals surface area contributed by atoms with E-state index in [0.717, 1.165) is 21.3 Å². The Morgan fingerprint density at radius 3 is 2.80 bits per heavy atom. The summed E-state index contributed by atoms with van der Waals surface area (Å²) in [5, 5.41) is 5.71. The molecule has 5 heteroatoms. The molecule has 0 radical (unpaired) electrons. The smallest absolute Gasteiger partial charge is 0.319 e. The summed E-state index contributed by atoms with van der Waals surface area (Å²) in [6.07, 6.45) is 3.45. The van der Waals surface area contributed by atoms with E-state index in [1.165, 1.54) is 0 Å². The highest BCUT2D eigenvalue weighted by molar-refractivity contribution is 9.10. The largest absolute Gasteiger partial charge is 0.331 e. The van der Waals surface area contributed by atoms with Crippen LogP contribution in [0.3, 0.4) is 0 Å². The van der Waals surface area contributed by atoms with Crippen molar-refractivity contribution in [2.45, 2.75) is 19.9 Å². The van der Waals surface area contributed by atoms with Crippen molar-refractivity contribution in [1.82, 2.24) is 10.3 Å². The van der Waals surface area contributed by atoms with Gasteiger partial charge in [0.25, 0.3) is 0 Å². The Labute approximate surface area is 126 Å². The second-order valence-electron chi connectivity index (χ2n) is 4.54. The van der Waals surface area contributed by atoms with Gasteiger partial charge in [0.2, 0.25) is 0 Å². The van der Waals surface area contributed by atoms with Gasteiger partial charge >= 0.3 is 6.03 Å². The highest BCUT2D eigenvalue weighted by Gasteiger charge is 2.11. The molecular weight excluding hydrogens is 318 g/mol. The molecule has 4 nitrogen and oxygen atoms in total. The number of aryl methyl sites for hydroxylation is 1. The van der Waals surface area contributed by atoms with E-state index in [9.17, 15) is 4.79 Å². The lowest BCUT2D eigenvalue weighted by Gasteiger charge is -2.15. The average molecular weight is 334 g/mol. The maximum absolute atomic E-state index is 12.0. The second kappa shape index (κ2) is 6.52. The Balaban J connectivity index is 2.01. The molecule has 0 bridgehead atoms. The first-order valence-corrected chi connectivity index (χ1v) is 7.10. The van der Waals surface area contributed by atoms with Gasteiger partial charge in [0.05, 0.1) is 11.7 Å². The number of aromatic nitrogens is 1. The number of amides is 2. The van der Waals surface area contributed by atoms with Crippen LogP contribution in [0.4, 0.5) is 10.5 Å². The van der Waals surface area contributed by atoms with Crippen LogP contribution in [0.1, 0.15) is 24.1 Å². The van der Waals surface area contributed by atoms with Crippen LogP contribution in [0.25, 0.3) is 0 Å². The number of rotatable bonds is 3. The number of anilines is 1. The van der Waals surface area contributed by atoms with Crippen LogP contribution < -0.4 is 10.6 Å². The van der Waals surface area contributed by atoms with Crippen LogP contribution in [-0.2, 0) is 0 Å². The lowest BCUT2D eigenvalue weighted by Crippen LogP contribution is -2.31. The van der Waals surface area contributed by atoms with Crippen molar-refractivity contribution >= 4 is 27.6 Å². The normalized spacial score (nSPS) is 11.8. The van der Waals surface area contributed by atoms with Gasteiger partial charge in [-0.2, -0.15) is 0 Å². The van der Waals surface area contributed by atoms with Gasteiger partial charge in [-0.15, -0.1) is 0 Å². The number of carbonyl (C=O) groups is 1. The first-order chi connectivity index (χ1) is 9.58. The van der Waals surface area contributed by atoms with Gasteiger partial charge < -0.3 is 10.6 Å². The Morgan fingerprint density at radius 2 is 2.10 bits per heavy atom. The summed E-state index contributed by atoms with van der Waals surface area (Å²) in [5.74, 6) is 0. The molecule has 20 heavy (non-hydrogen) atoms. The number of urea groups is 1. The highest BCUT2D eigenvalue weighted by atomic mass is 79.9. The van der Waals surface area contributed by atoms with E-state index in [-0.39, 0.29) is 12.1 Å². The third kappa shape index (κ3) is 3.57.